The lowest BCUT2D eigenvalue weighted by Gasteiger charge is -2.10. The maximum absolute atomic E-state index is 13.3. The Morgan fingerprint density at radius 2 is 2.25 bits per heavy atom. The van der Waals surface area contributed by atoms with Crippen LogP contribution in [0.4, 0.5) is 10.1 Å². The Labute approximate surface area is 96.3 Å². The summed E-state index contributed by atoms with van der Waals surface area (Å²) in [6.07, 6.45) is 0. The van der Waals surface area contributed by atoms with Crippen LogP contribution in [0.2, 0.25) is 5.15 Å². The molecule has 0 aliphatic carbocycles. The first kappa shape index (κ1) is 12.5. The molecule has 1 heterocycles. The molecule has 0 aliphatic heterocycles. The average molecular weight is 249 g/mol. The molecule has 0 saturated carbocycles. The van der Waals surface area contributed by atoms with E-state index < -0.39 is 22.6 Å². The van der Waals surface area contributed by atoms with Gasteiger partial charge in [0.2, 0.25) is 5.88 Å². The van der Waals surface area contributed by atoms with Gasteiger partial charge in [-0.2, -0.15) is 4.98 Å². The predicted molar refractivity (Wildman–Crippen MR) is 56.1 cm³/mol. The molecule has 0 atom stereocenters. The first-order chi connectivity index (χ1) is 7.52. The standard InChI is InChI=1S/C9H10ClFN2O3/c1-3-16-9(14)4-6(12)5(11)7(10)13-8(4)15-2/h3H2,1-2H3,(H2,12,13). The van der Waals surface area contributed by atoms with E-state index in [4.69, 9.17) is 26.8 Å². The van der Waals surface area contributed by atoms with E-state index in [0.717, 1.165) is 0 Å². The molecule has 7 heteroatoms. The summed E-state index contributed by atoms with van der Waals surface area (Å²) in [6.45, 7) is 1.74. The van der Waals surface area contributed by atoms with Gasteiger partial charge >= 0.3 is 5.97 Å². The molecule has 0 bridgehead atoms. The maximum Gasteiger partial charge on any atom is 0.345 e. The lowest BCUT2D eigenvalue weighted by Crippen LogP contribution is -2.13. The van der Waals surface area contributed by atoms with Gasteiger partial charge in [0.25, 0.3) is 0 Å². The highest BCUT2D eigenvalue weighted by molar-refractivity contribution is 6.30. The first-order valence-corrected chi connectivity index (χ1v) is 4.76. The van der Waals surface area contributed by atoms with Crippen molar-refractivity contribution in [2.75, 3.05) is 19.5 Å². The molecule has 0 unspecified atom stereocenters. The van der Waals surface area contributed by atoms with Crippen molar-refractivity contribution in [2.24, 2.45) is 0 Å². The summed E-state index contributed by atoms with van der Waals surface area (Å²) in [5, 5.41) is -0.456. The highest BCUT2D eigenvalue weighted by Crippen LogP contribution is 2.29. The number of aromatic nitrogens is 1. The highest BCUT2D eigenvalue weighted by Gasteiger charge is 2.24. The van der Waals surface area contributed by atoms with E-state index in [1.54, 1.807) is 6.92 Å². The molecule has 1 aromatic heterocycles. The summed E-state index contributed by atoms with van der Waals surface area (Å²) in [4.78, 5) is 15.0. The van der Waals surface area contributed by atoms with Gasteiger partial charge in [-0.15, -0.1) is 0 Å². The number of nitrogens with zero attached hydrogens (tertiary/aromatic N) is 1. The number of nitrogens with two attached hydrogens (primary N) is 1. The number of pyridine rings is 1. The number of rotatable bonds is 3. The van der Waals surface area contributed by atoms with Crippen LogP contribution >= 0.6 is 11.6 Å². The van der Waals surface area contributed by atoms with Gasteiger partial charge < -0.3 is 15.2 Å². The Balaban J connectivity index is 3.35. The molecule has 5 nitrogen and oxygen atoms in total. The summed E-state index contributed by atoms with van der Waals surface area (Å²) in [7, 11) is 1.26. The molecule has 1 rings (SSSR count). The topological polar surface area (TPSA) is 74.4 Å². The van der Waals surface area contributed by atoms with E-state index in [0.29, 0.717) is 0 Å². The van der Waals surface area contributed by atoms with Gasteiger partial charge in [-0.25, -0.2) is 9.18 Å². The molecule has 88 valence electrons. The van der Waals surface area contributed by atoms with E-state index >= 15 is 0 Å². The van der Waals surface area contributed by atoms with E-state index in [1.165, 1.54) is 7.11 Å². The molecular formula is C9H10ClFN2O3. The first-order valence-electron chi connectivity index (χ1n) is 4.38. The molecule has 0 radical (unpaired) electrons. The van der Waals surface area contributed by atoms with Gasteiger partial charge in [0.15, 0.2) is 11.0 Å². The number of nitrogen functional groups attached to an aromatic ring is 1. The van der Waals surface area contributed by atoms with Gasteiger partial charge in [0.1, 0.15) is 5.56 Å². The second-order valence-corrected chi connectivity index (χ2v) is 3.09. The number of halogens is 2. The molecule has 0 saturated heterocycles. The predicted octanol–water partition coefficient (Wildman–Crippen LogP) is 1.64. The zero-order chi connectivity index (χ0) is 12.3. The minimum absolute atomic E-state index is 0.131. The van der Waals surface area contributed by atoms with E-state index in [1.807, 2.05) is 0 Å². The number of carbonyl (C=O) groups excluding carboxylic acids is 1. The van der Waals surface area contributed by atoms with Crippen molar-refractivity contribution in [3.63, 3.8) is 0 Å². The molecule has 0 fully saturated rings. The number of hydrogen-bond donors (Lipinski definition) is 1. The Bertz CT molecular complexity index is 426. The molecule has 0 amide bonds. The lowest BCUT2D eigenvalue weighted by molar-refractivity contribution is 0.0522. The lowest BCUT2D eigenvalue weighted by atomic mass is 10.2. The summed E-state index contributed by atoms with van der Waals surface area (Å²) in [6, 6.07) is 0. The van der Waals surface area contributed by atoms with Crippen LogP contribution in [-0.2, 0) is 4.74 Å². The van der Waals surface area contributed by atoms with Gasteiger partial charge in [0, 0.05) is 0 Å². The Hall–Kier alpha value is -1.56. The van der Waals surface area contributed by atoms with Crippen LogP contribution in [0.15, 0.2) is 0 Å². The largest absolute Gasteiger partial charge is 0.480 e. The van der Waals surface area contributed by atoms with Crippen molar-refractivity contribution in [1.82, 2.24) is 4.98 Å². The van der Waals surface area contributed by atoms with Gasteiger partial charge in [-0.3, -0.25) is 0 Å². The van der Waals surface area contributed by atoms with Gasteiger partial charge in [-0.1, -0.05) is 11.6 Å². The summed E-state index contributed by atoms with van der Waals surface area (Å²) in [5.74, 6) is -1.94. The van der Waals surface area contributed by atoms with Crippen LogP contribution in [0.25, 0.3) is 0 Å². The minimum Gasteiger partial charge on any atom is -0.480 e. The fraction of sp³-hybridized carbons (Fsp3) is 0.333. The fourth-order valence-corrected chi connectivity index (χ4v) is 1.26. The van der Waals surface area contributed by atoms with Crippen molar-refractivity contribution >= 4 is 23.3 Å². The zero-order valence-corrected chi connectivity index (χ0v) is 9.47. The number of anilines is 1. The second-order valence-electron chi connectivity index (χ2n) is 2.74. The summed E-state index contributed by atoms with van der Waals surface area (Å²) < 4.78 is 22.8. The summed E-state index contributed by atoms with van der Waals surface area (Å²) in [5.41, 5.74) is 4.72. The molecule has 0 aromatic carbocycles. The van der Waals surface area contributed by atoms with Gasteiger partial charge in [-0.05, 0) is 6.92 Å². The third kappa shape index (κ3) is 2.16. The SMILES string of the molecule is CCOC(=O)c1c(OC)nc(Cl)c(F)c1N. The second kappa shape index (κ2) is 4.98. The van der Waals surface area contributed by atoms with E-state index in [2.05, 4.69) is 4.98 Å². The average Bonchev–Trinajstić information content (AvgIpc) is 2.25. The minimum atomic E-state index is -0.967. The monoisotopic (exact) mass is 248 g/mol. The molecular weight excluding hydrogens is 239 g/mol. The van der Waals surface area contributed by atoms with Gasteiger partial charge in [0.05, 0.1) is 19.4 Å². The fourth-order valence-electron chi connectivity index (χ4n) is 1.08. The van der Waals surface area contributed by atoms with Crippen LogP contribution in [-0.4, -0.2) is 24.7 Å². The van der Waals surface area contributed by atoms with Crippen molar-refractivity contribution in [1.29, 1.82) is 0 Å². The van der Waals surface area contributed by atoms with E-state index in [9.17, 15) is 9.18 Å². The molecule has 0 spiro atoms. The van der Waals surface area contributed by atoms with Crippen LogP contribution in [0, 0.1) is 5.82 Å². The maximum atomic E-state index is 13.3. The quantitative estimate of drug-likeness (QED) is 0.650. The number of esters is 1. The molecule has 1 aromatic rings. The molecule has 16 heavy (non-hydrogen) atoms. The van der Waals surface area contributed by atoms with Crippen LogP contribution in [0.1, 0.15) is 17.3 Å². The third-order valence-corrected chi connectivity index (χ3v) is 2.02. The van der Waals surface area contributed by atoms with Crippen LogP contribution < -0.4 is 10.5 Å². The third-order valence-electron chi connectivity index (χ3n) is 1.77. The summed E-state index contributed by atoms with van der Waals surface area (Å²) >= 11 is 5.45. The van der Waals surface area contributed by atoms with E-state index in [-0.39, 0.29) is 18.1 Å². The Morgan fingerprint density at radius 3 is 2.75 bits per heavy atom. The van der Waals surface area contributed by atoms with Crippen molar-refractivity contribution in [3.05, 3.63) is 16.5 Å². The Morgan fingerprint density at radius 1 is 1.62 bits per heavy atom. The van der Waals surface area contributed by atoms with Crippen molar-refractivity contribution in [2.45, 2.75) is 6.92 Å². The smallest absolute Gasteiger partial charge is 0.345 e. The number of ether oxygens (including phenoxy) is 2. The number of methoxy groups -OCH3 is 1. The number of carbonyl (C=O) groups is 1. The molecule has 0 aliphatic rings. The number of hydrogen-bond acceptors (Lipinski definition) is 5. The van der Waals surface area contributed by atoms with Crippen LogP contribution in [0.5, 0.6) is 5.88 Å². The molecule has 2 N–H and O–H groups in total. The van der Waals surface area contributed by atoms with Crippen molar-refractivity contribution < 1.29 is 18.7 Å². The van der Waals surface area contributed by atoms with Crippen LogP contribution in [0.3, 0.4) is 0 Å². The highest BCUT2D eigenvalue weighted by atomic mass is 35.5. The van der Waals surface area contributed by atoms with Crippen molar-refractivity contribution in [3.8, 4) is 5.88 Å². The normalized spacial score (nSPS) is 10.0. The Kier molecular flexibility index (Phi) is 3.89. The zero-order valence-electron chi connectivity index (χ0n) is 8.71.